The zero-order valence-corrected chi connectivity index (χ0v) is 12.3. The summed E-state index contributed by atoms with van der Waals surface area (Å²) in [4.78, 5) is 0. The molecule has 0 saturated heterocycles. The van der Waals surface area contributed by atoms with Gasteiger partial charge in [-0.15, -0.1) is 0 Å². The molecule has 2 nitrogen and oxygen atoms in total. The summed E-state index contributed by atoms with van der Waals surface area (Å²) in [7, 11) is 0. The van der Waals surface area contributed by atoms with Gasteiger partial charge in [0.25, 0.3) is 0 Å². The number of benzene rings is 2. The fourth-order valence-corrected chi connectivity index (χ4v) is 2.35. The zero-order valence-electron chi connectivity index (χ0n) is 10.7. The second-order valence-electron chi connectivity index (χ2n) is 4.38. The predicted octanol–water partition coefficient (Wildman–Crippen LogP) is 4.82. The highest BCUT2D eigenvalue weighted by Gasteiger charge is 2.12. The predicted molar refractivity (Wildman–Crippen MR) is 81.9 cm³/mol. The summed E-state index contributed by atoms with van der Waals surface area (Å²) in [5.41, 5.74) is 3.34. The van der Waals surface area contributed by atoms with Crippen molar-refractivity contribution in [2.24, 2.45) is 0 Å². The third kappa shape index (κ3) is 3.36. The topological polar surface area (TPSA) is 35.8 Å². The molecule has 2 rings (SSSR count). The molecule has 2 aromatic rings. The fraction of sp³-hybridized carbons (Fsp3) is 0.188. The molecule has 0 aliphatic rings. The van der Waals surface area contributed by atoms with Crippen molar-refractivity contribution in [2.75, 3.05) is 5.32 Å². The summed E-state index contributed by atoms with van der Waals surface area (Å²) in [5, 5.41) is 12.5. The van der Waals surface area contributed by atoms with Crippen molar-refractivity contribution >= 4 is 21.6 Å². The van der Waals surface area contributed by atoms with Crippen LogP contribution in [0, 0.1) is 18.3 Å². The van der Waals surface area contributed by atoms with Crippen LogP contribution < -0.4 is 5.32 Å². The first-order valence-corrected chi connectivity index (χ1v) is 6.95. The normalized spacial score (nSPS) is 11.6. The van der Waals surface area contributed by atoms with Gasteiger partial charge in [0.1, 0.15) is 0 Å². The van der Waals surface area contributed by atoms with Gasteiger partial charge in [-0.3, -0.25) is 0 Å². The lowest BCUT2D eigenvalue weighted by atomic mass is 10.0. The minimum Gasteiger partial charge on any atom is -0.377 e. The van der Waals surface area contributed by atoms with Crippen molar-refractivity contribution in [1.82, 2.24) is 0 Å². The minimum atomic E-state index is 0.0131. The summed E-state index contributed by atoms with van der Waals surface area (Å²) in [5.74, 6) is 0. The molecule has 0 saturated carbocycles. The molecule has 19 heavy (non-hydrogen) atoms. The summed E-state index contributed by atoms with van der Waals surface area (Å²) in [6.07, 6.45) is 0.440. The van der Waals surface area contributed by atoms with Crippen molar-refractivity contribution in [3.8, 4) is 6.07 Å². The summed E-state index contributed by atoms with van der Waals surface area (Å²) in [6.45, 7) is 2.06. The van der Waals surface area contributed by atoms with Crippen molar-refractivity contribution in [1.29, 1.82) is 5.26 Å². The molecule has 0 aliphatic heterocycles. The average Bonchev–Trinajstić information content (AvgIpc) is 2.44. The first kappa shape index (κ1) is 13.6. The molecule has 0 bridgehead atoms. The Balaban J connectivity index is 2.27. The molecule has 0 aromatic heterocycles. The molecule has 0 radical (unpaired) electrons. The SMILES string of the molecule is Cc1c(Br)cccc1NC(CC#N)c1ccccc1. The number of nitriles is 1. The molecule has 1 unspecified atom stereocenters. The Kier molecular flexibility index (Phi) is 4.59. The Morgan fingerprint density at radius 1 is 1.16 bits per heavy atom. The van der Waals surface area contributed by atoms with Crippen molar-refractivity contribution in [2.45, 2.75) is 19.4 Å². The summed E-state index contributed by atoms with van der Waals surface area (Å²) >= 11 is 3.53. The molecule has 3 heteroatoms. The van der Waals surface area contributed by atoms with E-state index >= 15 is 0 Å². The first-order valence-electron chi connectivity index (χ1n) is 6.16. The lowest BCUT2D eigenvalue weighted by Gasteiger charge is -2.19. The van der Waals surface area contributed by atoms with Gasteiger partial charge in [-0.1, -0.05) is 52.3 Å². The standard InChI is InChI=1S/C16H15BrN2/c1-12-14(17)8-5-9-15(12)19-16(10-11-18)13-6-3-2-4-7-13/h2-9,16,19H,10H2,1H3. The monoisotopic (exact) mass is 314 g/mol. The van der Waals surface area contributed by atoms with Crippen LogP contribution in [0.5, 0.6) is 0 Å². The zero-order chi connectivity index (χ0) is 13.7. The second kappa shape index (κ2) is 6.40. The van der Waals surface area contributed by atoms with Crippen LogP contribution in [-0.4, -0.2) is 0 Å². The van der Waals surface area contributed by atoms with Gasteiger partial charge in [0.05, 0.1) is 18.5 Å². The number of hydrogen-bond donors (Lipinski definition) is 1. The highest BCUT2D eigenvalue weighted by molar-refractivity contribution is 9.10. The first-order chi connectivity index (χ1) is 9.22. The lowest BCUT2D eigenvalue weighted by Crippen LogP contribution is -2.11. The molecular formula is C16H15BrN2. The number of nitrogens with one attached hydrogen (secondary N) is 1. The van der Waals surface area contributed by atoms with Gasteiger partial charge in [-0.2, -0.15) is 5.26 Å². The van der Waals surface area contributed by atoms with E-state index < -0.39 is 0 Å². The van der Waals surface area contributed by atoms with Crippen molar-refractivity contribution in [3.63, 3.8) is 0 Å². The van der Waals surface area contributed by atoms with Crippen LogP contribution >= 0.6 is 15.9 Å². The van der Waals surface area contributed by atoms with Crippen LogP contribution in [0.4, 0.5) is 5.69 Å². The fourth-order valence-electron chi connectivity index (χ4n) is 1.98. The summed E-state index contributed by atoms with van der Waals surface area (Å²) in [6, 6.07) is 18.4. The summed E-state index contributed by atoms with van der Waals surface area (Å²) < 4.78 is 1.07. The Labute approximate surface area is 122 Å². The van der Waals surface area contributed by atoms with E-state index in [0.717, 1.165) is 21.3 Å². The van der Waals surface area contributed by atoms with Gasteiger partial charge in [0, 0.05) is 10.2 Å². The maximum absolute atomic E-state index is 9.00. The van der Waals surface area contributed by atoms with E-state index in [1.165, 1.54) is 0 Å². The molecule has 0 amide bonds. The Morgan fingerprint density at radius 3 is 2.58 bits per heavy atom. The molecular weight excluding hydrogens is 300 g/mol. The van der Waals surface area contributed by atoms with Gasteiger partial charge in [-0.25, -0.2) is 0 Å². The highest BCUT2D eigenvalue weighted by Crippen LogP contribution is 2.28. The van der Waals surface area contributed by atoms with Gasteiger partial charge < -0.3 is 5.32 Å². The minimum absolute atomic E-state index is 0.0131. The Hall–Kier alpha value is -1.79. The van der Waals surface area contributed by atoms with Gasteiger partial charge in [0.2, 0.25) is 0 Å². The van der Waals surface area contributed by atoms with Gasteiger partial charge in [0.15, 0.2) is 0 Å². The molecule has 2 aromatic carbocycles. The molecule has 1 N–H and O–H groups in total. The van der Waals surface area contributed by atoms with Crippen LogP contribution in [0.15, 0.2) is 53.0 Å². The van der Waals surface area contributed by atoms with Gasteiger partial charge >= 0.3 is 0 Å². The lowest BCUT2D eigenvalue weighted by molar-refractivity contribution is 0.804. The molecule has 1 atom stereocenters. The molecule has 0 spiro atoms. The third-order valence-electron chi connectivity index (χ3n) is 3.09. The number of rotatable bonds is 4. The van der Waals surface area contributed by atoms with Crippen LogP contribution in [-0.2, 0) is 0 Å². The Bertz CT molecular complexity index is 587. The number of anilines is 1. The van der Waals surface area contributed by atoms with Crippen LogP contribution in [0.1, 0.15) is 23.6 Å². The quantitative estimate of drug-likeness (QED) is 0.877. The molecule has 0 aliphatic carbocycles. The molecule has 96 valence electrons. The smallest absolute Gasteiger partial charge is 0.0647 e. The van der Waals surface area contributed by atoms with Crippen LogP contribution in [0.25, 0.3) is 0 Å². The molecule has 0 heterocycles. The van der Waals surface area contributed by atoms with E-state index in [1.54, 1.807) is 0 Å². The van der Waals surface area contributed by atoms with E-state index in [4.69, 9.17) is 5.26 Å². The number of halogens is 1. The van der Waals surface area contributed by atoms with Crippen LogP contribution in [0.2, 0.25) is 0 Å². The van der Waals surface area contributed by atoms with E-state index in [9.17, 15) is 0 Å². The maximum atomic E-state index is 9.00. The van der Waals surface area contributed by atoms with Crippen molar-refractivity contribution in [3.05, 3.63) is 64.1 Å². The molecule has 0 fully saturated rings. The second-order valence-corrected chi connectivity index (χ2v) is 5.24. The van der Waals surface area contributed by atoms with Crippen LogP contribution in [0.3, 0.4) is 0 Å². The van der Waals surface area contributed by atoms with E-state index in [-0.39, 0.29) is 6.04 Å². The Morgan fingerprint density at radius 2 is 1.89 bits per heavy atom. The number of nitrogens with zero attached hydrogens (tertiary/aromatic N) is 1. The average molecular weight is 315 g/mol. The van der Waals surface area contributed by atoms with E-state index in [0.29, 0.717) is 6.42 Å². The van der Waals surface area contributed by atoms with E-state index in [1.807, 2.05) is 48.5 Å². The van der Waals surface area contributed by atoms with E-state index in [2.05, 4.69) is 34.2 Å². The maximum Gasteiger partial charge on any atom is 0.0647 e. The largest absolute Gasteiger partial charge is 0.377 e. The highest BCUT2D eigenvalue weighted by atomic mass is 79.9. The number of hydrogen-bond acceptors (Lipinski definition) is 2. The third-order valence-corrected chi connectivity index (χ3v) is 3.95. The van der Waals surface area contributed by atoms with Crippen molar-refractivity contribution < 1.29 is 0 Å². The van der Waals surface area contributed by atoms with Gasteiger partial charge in [-0.05, 0) is 30.2 Å².